The minimum absolute atomic E-state index is 0.0440. The van der Waals surface area contributed by atoms with Gasteiger partial charge >= 0.3 is 5.97 Å². The molecule has 8 nitrogen and oxygen atoms in total. The summed E-state index contributed by atoms with van der Waals surface area (Å²) in [5.74, 6) is 0.0431. The van der Waals surface area contributed by atoms with E-state index in [1.54, 1.807) is 29.7 Å². The second kappa shape index (κ2) is 9.90. The van der Waals surface area contributed by atoms with E-state index in [4.69, 9.17) is 9.84 Å². The topological polar surface area (TPSA) is 122 Å². The molecule has 12 heteroatoms. The molecule has 0 aliphatic carbocycles. The van der Waals surface area contributed by atoms with Gasteiger partial charge in [-0.25, -0.2) is 14.9 Å². The number of carboxylic acids is 1. The summed E-state index contributed by atoms with van der Waals surface area (Å²) in [5, 5.41) is 28.7. The van der Waals surface area contributed by atoms with Gasteiger partial charge in [-0.15, -0.1) is 5.43 Å². The van der Waals surface area contributed by atoms with Gasteiger partial charge in [-0.3, -0.25) is 0 Å². The van der Waals surface area contributed by atoms with Crippen molar-refractivity contribution >= 4 is 96.3 Å². The fourth-order valence-electron chi connectivity index (χ4n) is 2.10. The molecule has 3 N–H and O–H groups in total. The summed E-state index contributed by atoms with van der Waals surface area (Å²) in [6, 6.07) is 5.54. The number of phenols is 1. The Balaban J connectivity index is 2.29. The largest absolute Gasteiger partial charge is 0.506 e. The number of aliphatic carboxylic acids is 1. The molecule has 0 saturated carbocycles. The number of aromatic hydroxyl groups is 1. The Labute approximate surface area is 208 Å². The number of ether oxygens (including phenoxy) is 1. The van der Waals surface area contributed by atoms with Crippen LogP contribution in [0.4, 0.5) is 0 Å². The van der Waals surface area contributed by atoms with Crippen LogP contribution in [0.3, 0.4) is 0 Å². The van der Waals surface area contributed by atoms with Crippen LogP contribution >= 0.6 is 90.4 Å². The Morgan fingerprint density at radius 1 is 1.11 bits per heavy atom. The summed E-state index contributed by atoms with van der Waals surface area (Å²) in [4.78, 5) is 21.8. The molecule has 0 heterocycles. The van der Waals surface area contributed by atoms with Gasteiger partial charge < -0.3 is 14.9 Å². The van der Waals surface area contributed by atoms with Crippen LogP contribution in [-0.2, 0) is 11.2 Å². The molecule has 0 amide bonds. The van der Waals surface area contributed by atoms with Crippen LogP contribution in [-0.4, -0.2) is 27.3 Å². The van der Waals surface area contributed by atoms with Crippen LogP contribution in [0.5, 0.6) is 17.2 Å². The summed E-state index contributed by atoms with van der Waals surface area (Å²) in [6.07, 6.45) is -0.0440. The average Bonchev–Trinajstić information content (AvgIpc) is 2.54. The van der Waals surface area contributed by atoms with Gasteiger partial charge in [-0.2, -0.15) is 0 Å². The van der Waals surface area contributed by atoms with Crippen LogP contribution in [0.2, 0.25) is 0 Å². The zero-order chi connectivity index (χ0) is 20.3. The van der Waals surface area contributed by atoms with Gasteiger partial charge in [0.2, 0.25) is 0 Å². The molecule has 0 radical (unpaired) electrons. The summed E-state index contributed by atoms with van der Waals surface area (Å²) in [7, 11) is 0. The van der Waals surface area contributed by atoms with E-state index < -0.39 is 17.0 Å². The monoisotopic (exact) mass is 822 g/mol. The van der Waals surface area contributed by atoms with Crippen molar-refractivity contribution < 1.29 is 24.8 Å². The molecular formula is C15H10I4N2O6. The lowest BCUT2D eigenvalue weighted by molar-refractivity contribution is -0.548. The molecule has 0 saturated heterocycles. The van der Waals surface area contributed by atoms with Crippen LogP contribution in [0.15, 0.2) is 24.3 Å². The number of hydrazine groups is 1. The number of phenolic OH excluding ortho intramolecular Hbond substituents is 1. The standard InChI is InChI=1S/C15H10I4N2O6/c16-8-4-7(5-9(17)13(8)22)27-14-10(18)1-6(2-11(14)19)3-12(15(23)24)20-21(25)26/h1-2,4-5,12,20,22H,3H2,(H,23,24)/t12-/m0/s1. The molecule has 2 aromatic carbocycles. The number of halogens is 4. The second-order valence-electron chi connectivity index (χ2n) is 5.21. The second-order valence-corrected chi connectivity index (χ2v) is 9.86. The molecule has 0 bridgehead atoms. The van der Waals surface area contributed by atoms with Crippen molar-refractivity contribution in [3.8, 4) is 17.2 Å². The van der Waals surface area contributed by atoms with Crippen molar-refractivity contribution in [2.24, 2.45) is 0 Å². The number of carbonyl (C=O) groups is 1. The molecule has 2 aromatic rings. The van der Waals surface area contributed by atoms with Crippen molar-refractivity contribution in [2.45, 2.75) is 12.5 Å². The van der Waals surface area contributed by atoms with Crippen LogP contribution in [0, 0.1) is 24.4 Å². The molecule has 2 rings (SSSR count). The highest BCUT2D eigenvalue weighted by molar-refractivity contribution is 14.1. The van der Waals surface area contributed by atoms with Gasteiger partial charge in [0.15, 0.2) is 16.8 Å². The highest BCUT2D eigenvalue weighted by Crippen LogP contribution is 2.36. The zero-order valence-corrected chi connectivity index (χ0v) is 21.7. The molecule has 1 atom stereocenters. The SMILES string of the molecule is O=C(O)[C@H](Cc1cc(I)c(Oc2cc(I)c(O)c(I)c2)c(I)c1)N[N+](=O)[O-]. The maximum atomic E-state index is 11.2. The third-order valence-corrected chi connectivity index (χ3v) is 6.51. The normalized spacial score (nSPS) is 11.7. The third kappa shape index (κ3) is 6.31. The Kier molecular flexibility index (Phi) is 8.40. The molecule has 144 valence electrons. The summed E-state index contributed by atoms with van der Waals surface area (Å²) < 4.78 is 8.74. The van der Waals surface area contributed by atoms with Gasteiger partial charge in [0.1, 0.15) is 11.5 Å². The minimum Gasteiger partial charge on any atom is -0.506 e. The summed E-state index contributed by atoms with van der Waals surface area (Å²) >= 11 is 8.16. The maximum Gasteiger partial charge on any atom is 0.332 e. The van der Waals surface area contributed by atoms with E-state index >= 15 is 0 Å². The van der Waals surface area contributed by atoms with Crippen molar-refractivity contribution in [1.82, 2.24) is 5.43 Å². The molecule has 27 heavy (non-hydrogen) atoms. The lowest BCUT2D eigenvalue weighted by Gasteiger charge is -2.14. The number of benzene rings is 2. The predicted molar refractivity (Wildman–Crippen MR) is 131 cm³/mol. The van der Waals surface area contributed by atoms with E-state index in [9.17, 15) is 20.0 Å². The van der Waals surface area contributed by atoms with Crippen molar-refractivity contribution in [3.05, 3.63) is 54.2 Å². The van der Waals surface area contributed by atoms with E-state index in [-0.39, 0.29) is 12.2 Å². The van der Waals surface area contributed by atoms with Gasteiger partial charge in [-0.05, 0) is 120 Å². The van der Waals surface area contributed by atoms with Gasteiger partial charge in [0.25, 0.3) is 0 Å². The van der Waals surface area contributed by atoms with Crippen LogP contribution < -0.4 is 10.2 Å². The first-order valence-corrected chi connectivity index (χ1v) is 11.4. The first-order chi connectivity index (χ1) is 12.6. The first-order valence-electron chi connectivity index (χ1n) is 7.05. The molecule has 0 fully saturated rings. The summed E-state index contributed by atoms with van der Waals surface area (Å²) in [5.41, 5.74) is 2.43. The molecule has 0 aromatic heterocycles. The lowest BCUT2D eigenvalue weighted by atomic mass is 10.1. The van der Waals surface area contributed by atoms with Crippen molar-refractivity contribution in [2.75, 3.05) is 0 Å². The molecule has 0 aliphatic rings. The van der Waals surface area contributed by atoms with Crippen molar-refractivity contribution in [3.63, 3.8) is 0 Å². The quantitative estimate of drug-likeness (QED) is 0.216. The van der Waals surface area contributed by atoms with Gasteiger partial charge in [-0.1, -0.05) is 0 Å². The fourth-order valence-corrected chi connectivity index (χ4v) is 5.93. The average molecular weight is 822 g/mol. The number of rotatable bonds is 7. The minimum atomic E-state index is -1.33. The Hall–Kier alpha value is -0.370. The van der Waals surface area contributed by atoms with E-state index in [1.807, 2.05) is 45.2 Å². The Bertz CT molecular complexity index is 862. The Morgan fingerprint density at radius 3 is 2.07 bits per heavy atom. The number of hydrogen-bond donors (Lipinski definition) is 3. The summed E-state index contributed by atoms with van der Waals surface area (Å²) in [6.45, 7) is 0. The molecule has 0 aliphatic heterocycles. The highest BCUT2D eigenvalue weighted by atomic mass is 127. The van der Waals surface area contributed by atoms with E-state index in [0.717, 1.165) is 7.14 Å². The lowest BCUT2D eigenvalue weighted by Crippen LogP contribution is -2.41. The van der Waals surface area contributed by atoms with Crippen molar-refractivity contribution in [1.29, 1.82) is 0 Å². The molecular weight excluding hydrogens is 812 g/mol. The van der Waals surface area contributed by atoms with Gasteiger partial charge in [0, 0.05) is 6.42 Å². The van der Waals surface area contributed by atoms with Crippen LogP contribution in [0.1, 0.15) is 5.56 Å². The molecule has 0 unspecified atom stereocenters. The predicted octanol–water partition coefficient (Wildman–Crippen LogP) is 4.38. The number of hydrogen-bond acceptors (Lipinski definition) is 5. The first kappa shape index (κ1) is 22.9. The smallest absolute Gasteiger partial charge is 0.332 e. The zero-order valence-electron chi connectivity index (χ0n) is 13.1. The van der Waals surface area contributed by atoms with Gasteiger partial charge in [0.05, 0.1) is 14.3 Å². The maximum absolute atomic E-state index is 11.2. The number of nitro groups is 1. The van der Waals surface area contributed by atoms with Crippen LogP contribution in [0.25, 0.3) is 0 Å². The number of carboxylic acid groups (broad SMARTS) is 1. The Morgan fingerprint density at radius 2 is 1.63 bits per heavy atom. The highest BCUT2D eigenvalue weighted by Gasteiger charge is 2.23. The third-order valence-electron chi connectivity index (χ3n) is 3.27. The molecule has 0 spiro atoms. The fraction of sp³-hybridized carbons (Fsp3) is 0.133. The van der Waals surface area contributed by atoms with E-state index in [0.29, 0.717) is 24.2 Å². The number of nitrogens with zero attached hydrogens (tertiary/aromatic N) is 1. The number of nitrogens with one attached hydrogen (secondary N) is 1. The van der Waals surface area contributed by atoms with E-state index in [1.165, 1.54) is 0 Å². The van der Waals surface area contributed by atoms with E-state index in [2.05, 4.69) is 45.2 Å².